The molecule has 7 nitrogen and oxygen atoms in total. The number of fused-ring (bicyclic) bond motifs is 2. The largest absolute Gasteiger partial charge is 0.476 e. The van der Waals surface area contributed by atoms with E-state index in [-0.39, 0.29) is 29.4 Å². The fourth-order valence-corrected chi connectivity index (χ4v) is 6.34. The highest BCUT2D eigenvalue weighted by Gasteiger charge is 2.62. The van der Waals surface area contributed by atoms with Crippen LogP contribution in [0.15, 0.2) is 54.6 Å². The Labute approximate surface area is 251 Å². The number of benzene rings is 3. The standard InChI is InChI=1S/C30H26Cl3FN2O5/c1-4-40-28(39)29(2,3)41-24-10-6-15(31)11-18(24)21-14-25(37)36-26(19-13-17(34)7-9-22(19)33)30(21)20-8-5-16(32)12-23(20)35-27(30)38/h5-13,21,26H,4,14H2,1-3H3,(H,35,38)(H,36,37)/t21-,26+,30-/m1/s1. The minimum atomic E-state index is -1.54. The van der Waals surface area contributed by atoms with Crippen molar-refractivity contribution in [3.05, 3.63) is 92.2 Å². The molecule has 1 spiro atoms. The van der Waals surface area contributed by atoms with E-state index in [0.29, 0.717) is 26.9 Å². The summed E-state index contributed by atoms with van der Waals surface area (Å²) in [5.41, 5.74) is -1.37. The summed E-state index contributed by atoms with van der Waals surface area (Å²) in [6.45, 7) is 4.95. The molecule has 3 aromatic carbocycles. The highest BCUT2D eigenvalue weighted by Crippen LogP contribution is 2.59. The second-order valence-corrected chi connectivity index (χ2v) is 11.7. The molecule has 5 rings (SSSR count). The third kappa shape index (κ3) is 5.02. The van der Waals surface area contributed by atoms with Gasteiger partial charge in [0.05, 0.1) is 12.6 Å². The van der Waals surface area contributed by atoms with Crippen LogP contribution in [0.5, 0.6) is 5.75 Å². The first-order valence-electron chi connectivity index (χ1n) is 12.9. The lowest BCUT2D eigenvalue weighted by Gasteiger charge is -2.47. The number of carbonyl (C=O) groups is 3. The molecular weight excluding hydrogens is 594 g/mol. The van der Waals surface area contributed by atoms with Gasteiger partial charge in [0.1, 0.15) is 17.0 Å². The number of hydrogen-bond acceptors (Lipinski definition) is 5. The van der Waals surface area contributed by atoms with E-state index in [9.17, 15) is 18.8 Å². The Kier molecular flexibility index (Phi) is 7.70. The zero-order valence-electron chi connectivity index (χ0n) is 22.3. The third-order valence-electron chi connectivity index (χ3n) is 7.50. The van der Waals surface area contributed by atoms with Crippen molar-refractivity contribution < 1.29 is 28.2 Å². The van der Waals surface area contributed by atoms with Crippen molar-refractivity contribution in [3.63, 3.8) is 0 Å². The number of esters is 1. The van der Waals surface area contributed by atoms with E-state index < -0.39 is 46.6 Å². The van der Waals surface area contributed by atoms with Crippen molar-refractivity contribution in [3.8, 4) is 5.75 Å². The summed E-state index contributed by atoms with van der Waals surface area (Å²) < 4.78 is 26.0. The molecule has 0 saturated carbocycles. The first-order chi connectivity index (χ1) is 19.4. The summed E-state index contributed by atoms with van der Waals surface area (Å²) in [5, 5.41) is 6.68. The molecule has 0 radical (unpaired) electrons. The number of nitrogens with one attached hydrogen (secondary N) is 2. The van der Waals surface area contributed by atoms with Gasteiger partial charge < -0.3 is 20.1 Å². The highest BCUT2D eigenvalue weighted by molar-refractivity contribution is 6.32. The quantitative estimate of drug-likeness (QED) is 0.298. The Morgan fingerprint density at radius 1 is 1.02 bits per heavy atom. The molecule has 0 unspecified atom stereocenters. The van der Waals surface area contributed by atoms with Crippen LogP contribution >= 0.6 is 34.8 Å². The predicted molar refractivity (Wildman–Crippen MR) is 154 cm³/mol. The molecule has 11 heteroatoms. The van der Waals surface area contributed by atoms with E-state index in [1.165, 1.54) is 18.2 Å². The first-order valence-corrected chi connectivity index (χ1v) is 14.0. The molecule has 2 N–H and O–H groups in total. The lowest BCUT2D eigenvalue weighted by molar-refractivity contribution is -0.158. The molecule has 2 aliphatic rings. The molecule has 214 valence electrons. The number of rotatable bonds is 6. The second kappa shape index (κ2) is 10.8. The number of carbonyl (C=O) groups excluding carboxylic acids is 3. The maximum Gasteiger partial charge on any atom is 0.349 e. The molecule has 3 atom stereocenters. The van der Waals surface area contributed by atoms with E-state index in [0.717, 1.165) is 0 Å². The number of hydrogen-bond donors (Lipinski definition) is 2. The molecule has 1 fully saturated rings. The average Bonchev–Trinajstić information content (AvgIpc) is 3.18. The SMILES string of the molecule is CCOC(=O)C(C)(C)Oc1ccc(Cl)cc1[C@H]1CC(=O)N[C@@H](c2cc(F)ccc2Cl)[C@]12C(=O)Nc1cc(Cl)ccc12. The molecule has 41 heavy (non-hydrogen) atoms. The normalized spacial score (nSPS) is 21.7. The van der Waals surface area contributed by atoms with Gasteiger partial charge in [0.15, 0.2) is 5.60 Å². The Balaban J connectivity index is 1.78. The number of ether oxygens (including phenoxy) is 2. The van der Waals surface area contributed by atoms with Crippen LogP contribution in [0.2, 0.25) is 15.1 Å². The van der Waals surface area contributed by atoms with Gasteiger partial charge in [-0.05, 0) is 80.4 Å². The molecule has 0 aromatic heterocycles. The van der Waals surface area contributed by atoms with E-state index in [4.69, 9.17) is 44.3 Å². The van der Waals surface area contributed by atoms with Gasteiger partial charge in [-0.1, -0.05) is 40.9 Å². The molecular formula is C30H26Cl3FN2O5. The molecule has 0 aliphatic carbocycles. The van der Waals surface area contributed by atoms with Crippen LogP contribution in [-0.2, 0) is 24.5 Å². The maximum absolute atomic E-state index is 14.6. The fraction of sp³-hybridized carbons (Fsp3) is 0.300. The lowest BCUT2D eigenvalue weighted by atomic mass is 9.59. The van der Waals surface area contributed by atoms with Gasteiger partial charge in [0, 0.05) is 38.7 Å². The van der Waals surface area contributed by atoms with Gasteiger partial charge in [0.25, 0.3) is 0 Å². The van der Waals surface area contributed by atoms with Gasteiger partial charge in [-0.15, -0.1) is 0 Å². The van der Waals surface area contributed by atoms with Crippen LogP contribution in [0.4, 0.5) is 10.1 Å². The molecule has 2 amide bonds. The van der Waals surface area contributed by atoms with Crippen molar-refractivity contribution in [1.29, 1.82) is 0 Å². The Bertz CT molecular complexity index is 1580. The average molecular weight is 620 g/mol. The van der Waals surface area contributed by atoms with Crippen LogP contribution in [0.3, 0.4) is 0 Å². The van der Waals surface area contributed by atoms with E-state index in [2.05, 4.69) is 10.6 Å². The smallest absolute Gasteiger partial charge is 0.349 e. The van der Waals surface area contributed by atoms with Crippen molar-refractivity contribution in [2.45, 2.75) is 50.2 Å². The number of amides is 2. The summed E-state index contributed by atoms with van der Waals surface area (Å²) in [4.78, 5) is 40.4. The molecule has 3 aromatic rings. The Morgan fingerprint density at radius 3 is 2.46 bits per heavy atom. The monoisotopic (exact) mass is 618 g/mol. The van der Waals surface area contributed by atoms with Crippen LogP contribution in [-0.4, -0.2) is 30.0 Å². The van der Waals surface area contributed by atoms with Crippen LogP contribution in [0, 0.1) is 5.82 Å². The molecule has 0 bridgehead atoms. The van der Waals surface area contributed by atoms with Gasteiger partial charge in [0.2, 0.25) is 11.8 Å². The minimum absolute atomic E-state index is 0.153. The summed E-state index contributed by atoms with van der Waals surface area (Å²) in [6, 6.07) is 12.4. The zero-order chi connectivity index (χ0) is 29.7. The van der Waals surface area contributed by atoms with Gasteiger partial charge >= 0.3 is 5.97 Å². The summed E-state index contributed by atoms with van der Waals surface area (Å²) in [5.74, 6) is -2.72. The maximum atomic E-state index is 14.6. The summed E-state index contributed by atoms with van der Waals surface area (Å²) >= 11 is 19.3. The third-order valence-corrected chi connectivity index (χ3v) is 8.31. The van der Waals surface area contributed by atoms with Crippen LogP contribution in [0.1, 0.15) is 55.8 Å². The fourth-order valence-electron chi connectivity index (χ4n) is 5.76. The number of halogens is 4. The van der Waals surface area contributed by atoms with E-state index in [1.54, 1.807) is 57.2 Å². The molecule has 1 saturated heterocycles. The lowest BCUT2D eigenvalue weighted by Crippen LogP contribution is -2.57. The van der Waals surface area contributed by atoms with Gasteiger partial charge in [-0.3, -0.25) is 9.59 Å². The Hall–Kier alpha value is -3.33. The van der Waals surface area contributed by atoms with Crippen molar-refractivity contribution in [2.24, 2.45) is 0 Å². The molecule has 2 heterocycles. The van der Waals surface area contributed by atoms with E-state index >= 15 is 0 Å². The van der Waals surface area contributed by atoms with E-state index in [1.807, 2.05) is 0 Å². The summed E-state index contributed by atoms with van der Waals surface area (Å²) in [6.07, 6.45) is -0.157. The summed E-state index contributed by atoms with van der Waals surface area (Å²) in [7, 11) is 0. The minimum Gasteiger partial charge on any atom is -0.476 e. The Morgan fingerprint density at radius 2 is 1.73 bits per heavy atom. The van der Waals surface area contributed by atoms with Crippen molar-refractivity contribution in [2.75, 3.05) is 11.9 Å². The zero-order valence-corrected chi connectivity index (χ0v) is 24.6. The second-order valence-electron chi connectivity index (χ2n) is 10.5. The van der Waals surface area contributed by atoms with Crippen molar-refractivity contribution >= 4 is 58.3 Å². The highest BCUT2D eigenvalue weighted by atomic mass is 35.5. The number of anilines is 1. The van der Waals surface area contributed by atoms with Gasteiger partial charge in [-0.2, -0.15) is 0 Å². The predicted octanol–water partition coefficient (Wildman–Crippen LogP) is 6.74. The number of piperidine rings is 1. The van der Waals surface area contributed by atoms with Crippen LogP contribution < -0.4 is 15.4 Å². The van der Waals surface area contributed by atoms with Gasteiger partial charge in [-0.25, -0.2) is 9.18 Å². The molecule has 2 aliphatic heterocycles. The topological polar surface area (TPSA) is 93.7 Å². The first kappa shape index (κ1) is 29.2. The van der Waals surface area contributed by atoms with Crippen molar-refractivity contribution in [1.82, 2.24) is 5.32 Å². The van der Waals surface area contributed by atoms with Crippen LogP contribution in [0.25, 0.3) is 0 Å².